The molecular formula is C19H14F2I2N2O5S2. The molecule has 0 saturated carbocycles. The van der Waals surface area contributed by atoms with Crippen molar-refractivity contribution in [3.05, 3.63) is 73.4 Å². The lowest BCUT2D eigenvalue weighted by Gasteiger charge is -2.15. The average Bonchev–Trinajstić information content (AvgIpc) is 2.73. The third-order valence-corrected chi connectivity index (χ3v) is 8.65. The summed E-state index contributed by atoms with van der Waals surface area (Å²) in [5, 5.41) is 0. The standard InChI is InChI=1S/C19H14F2I2N2O5S2/c1-30-16-9-8-11(31(26,27)24-18-12(20)4-2-6-14(18)22)10-17(16)32(28,29)25-19-13(21)5-3-7-15(19)23/h2-10,24-25H,1H3. The van der Waals surface area contributed by atoms with E-state index in [0.29, 0.717) is 7.14 Å². The van der Waals surface area contributed by atoms with Crippen molar-refractivity contribution in [2.75, 3.05) is 16.6 Å². The van der Waals surface area contributed by atoms with Gasteiger partial charge in [0.05, 0.1) is 23.4 Å². The van der Waals surface area contributed by atoms with Gasteiger partial charge in [-0.05, 0) is 87.6 Å². The summed E-state index contributed by atoms with van der Waals surface area (Å²) in [5.41, 5.74) is -0.560. The Morgan fingerprint density at radius 2 is 1.28 bits per heavy atom. The van der Waals surface area contributed by atoms with Crippen molar-refractivity contribution in [1.82, 2.24) is 0 Å². The Labute approximate surface area is 211 Å². The maximum Gasteiger partial charge on any atom is 0.265 e. The molecule has 0 unspecified atom stereocenters. The molecule has 0 aliphatic rings. The lowest BCUT2D eigenvalue weighted by Crippen LogP contribution is -2.18. The van der Waals surface area contributed by atoms with Crippen molar-refractivity contribution in [3.63, 3.8) is 0 Å². The second-order valence-corrected chi connectivity index (χ2v) is 11.9. The van der Waals surface area contributed by atoms with Gasteiger partial charge in [-0.3, -0.25) is 9.44 Å². The number of para-hydroxylation sites is 2. The van der Waals surface area contributed by atoms with Crippen molar-refractivity contribution in [1.29, 1.82) is 0 Å². The Hall–Kier alpha value is -1.72. The summed E-state index contributed by atoms with van der Waals surface area (Å²) in [6.45, 7) is 0. The smallest absolute Gasteiger partial charge is 0.265 e. The van der Waals surface area contributed by atoms with E-state index in [2.05, 4.69) is 9.44 Å². The van der Waals surface area contributed by atoms with Crippen LogP contribution in [0.25, 0.3) is 0 Å². The second kappa shape index (κ2) is 9.64. The molecule has 0 spiro atoms. The number of benzene rings is 3. The van der Waals surface area contributed by atoms with Crippen LogP contribution in [0.4, 0.5) is 20.2 Å². The molecule has 0 atom stereocenters. The third-order valence-electron chi connectivity index (χ3n) is 4.13. The van der Waals surface area contributed by atoms with Crippen LogP contribution in [-0.4, -0.2) is 23.9 Å². The first-order valence-electron chi connectivity index (χ1n) is 8.58. The summed E-state index contributed by atoms with van der Waals surface area (Å²) in [6, 6.07) is 11.1. The summed E-state index contributed by atoms with van der Waals surface area (Å²) in [5.74, 6) is -1.76. The molecule has 170 valence electrons. The Morgan fingerprint density at radius 1 is 0.781 bits per heavy atom. The first-order valence-corrected chi connectivity index (χ1v) is 13.7. The van der Waals surface area contributed by atoms with Gasteiger partial charge in [0.1, 0.15) is 22.3 Å². The van der Waals surface area contributed by atoms with Gasteiger partial charge in [0.15, 0.2) is 0 Å². The van der Waals surface area contributed by atoms with Crippen LogP contribution in [0.1, 0.15) is 0 Å². The molecule has 0 aliphatic carbocycles. The van der Waals surface area contributed by atoms with Gasteiger partial charge in [-0.15, -0.1) is 0 Å². The lowest BCUT2D eigenvalue weighted by molar-refractivity contribution is 0.402. The zero-order valence-corrected chi connectivity index (χ0v) is 22.0. The van der Waals surface area contributed by atoms with Gasteiger partial charge < -0.3 is 4.74 Å². The fourth-order valence-electron chi connectivity index (χ4n) is 2.61. The number of methoxy groups -OCH3 is 1. The monoisotopic (exact) mass is 706 g/mol. The molecule has 13 heteroatoms. The molecular weight excluding hydrogens is 692 g/mol. The number of ether oxygens (including phenoxy) is 1. The van der Waals surface area contributed by atoms with E-state index in [0.717, 1.165) is 30.3 Å². The van der Waals surface area contributed by atoms with Crippen LogP contribution in [-0.2, 0) is 20.0 Å². The highest BCUT2D eigenvalue weighted by Crippen LogP contribution is 2.32. The predicted octanol–water partition coefficient (Wildman–Crippen LogP) is 4.78. The molecule has 0 bridgehead atoms. The van der Waals surface area contributed by atoms with Crippen molar-refractivity contribution in [3.8, 4) is 5.75 Å². The number of halogens is 4. The lowest BCUT2D eigenvalue weighted by atomic mass is 10.3. The highest BCUT2D eigenvalue weighted by molar-refractivity contribution is 14.1. The highest BCUT2D eigenvalue weighted by Gasteiger charge is 2.26. The molecule has 3 rings (SSSR count). The molecule has 3 aromatic carbocycles. The zero-order chi connectivity index (χ0) is 23.7. The van der Waals surface area contributed by atoms with E-state index in [1.165, 1.54) is 31.4 Å². The van der Waals surface area contributed by atoms with Crippen LogP contribution >= 0.6 is 45.2 Å². The van der Waals surface area contributed by atoms with Crippen LogP contribution < -0.4 is 14.2 Å². The minimum absolute atomic E-state index is 0.164. The van der Waals surface area contributed by atoms with Crippen LogP contribution in [0, 0.1) is 18.8 Å². The van der Waals surface area contributed by atoms with Gasteiger partial charge in [-0.25, -0.2) is 25.6 Å². The SMILES string of the molecule is COc1ccc(S(=O)(=O)Nc2c(F)cccc2I)cc1S(=O)(=O)Nc1c(F)cccc1I. The molecule has 0 aliphatic heterocycles. The van der Waals surface area contributed by atoms with E-state index in [-0.39, 0.29) is 17.1 Å². The fourth-order valence-corrected chi connectivity index (χ4v) is 6.65. The quantitative estimate of drug-likeness (QED) is 0.345. The van der Waals surface area contributed by atoms with Gasteiger partial charge in [0.2, 0.25) is 0 Å². The number of nitrogens with one attached hydrogen (secondary N) is 2. The van der Waals surface area contributed by atoms with E-state index in [1.54, 1.807) is 45.2 Å². The Balaban J connectivity index is 2.07. The van der Waals surface area contributed by atoms with Gasteiger partial charge in [-0.1, -0.05) is 12.1 Å². The summed E-state index contributed by atoms with van der Waals surface area (Å²) in [7, 11) is -7.63. The fraction of sp³-hybridized carbons (Fsp3) is 0.0526. The largest absolute Gasteiger partial charge is 0.495 e. The number of sulfonamides is 2. The van der Waals surface area contributed by atoms with Crippen LogP contribution in [0.2, 0.25) is 0 Å². The maximum absolute atomic E-state index is 14.2. The number of anilines is 2. The molecule has 3 aromatic rings. The van der Waals surface area contributed by atoms with Crippen molar-refractivity contribution in [2.24, 2.45) is 0 Å². The zero-order valence-electron chi connectivity index (χ0n) is 16.1. The Morgan fingerprint density at radius 3 is 1.75 bits per heavy atom. The molecule has 0 fully saturated rings. The predicted molar refractivity (Wildman–Crippen MR) is 133 cm³/mol. The highest BCUT2D eigenvalue weighted by atomic mass is 127. The van der Waals surface area contributed by atoms with Crippen LogP contribution in [0.5, 0.6) is 5.75 Å². The molecule has 32 heavy (non-hydrogen) atoms. The van der Waals surface area contributed by atoms with Crippen LogP contribution in [0.3, 0.4) is 0 Å². The Kier molecular flexibility index (Phi) is 7.51. The summed E-state index contributed by atoms with van der Waals surface area (Å²) in [6.07, 6.45) is 0. The number of rotatable bonds is 7. The van der Waals surface area contributed by atoms with E-state index in [1.807, 2.05) is 0 Å². The third kappa shape index (κ3) is 5.26. The topological polar surface area (TPSA) is 102 Å². The summed E-state index contributed by atoms with van der Waals surface area (Å²) < 4.78 is 89.9. The van der Waals surface area contributed by atoms with Crippen molar-refractivity contribution < 1.29 is 30.4 Å². The first kappa shape index (κ1) is 24.9. The van der Waals surface area contributed by atoms with Crippen LogP contribution in [0.15, 0.2) is 64.4 Å². The van der Waals surface area contributed by atoms with E-state index in [4.69, 9.17) is 4.74 Å². The first-order chi connectivity index (χ1) is 15.0. The van der Waals surface area contributed by atoms with E-state index < -0.39 is 41.5 Å². The average molecular weight is 706 g/mol. The molecule has 0 saturated heterocycles. The van der Waals surface area contributed by atoms with E-state index in [9.17, 15) is 25.6 Å². The minimum atomic E-state index is -4.46. The molecule has 0 amide bonds. The minimum Gasteiger partial charge on any atom is -0.495 e. The number of hydrogen-bond donors (Lipinski definition) is 2. The molecule has 0 heterocycles. The Bertz CT molecular complexity index is 1360. The van der Waals surface area contributed by atoms with Gasteiger partial charge in [0, 0.05) is 7.14 Å². The molecule has 2 N–H and O–H groups in total. The van der Waals surface area contributed by atoms with Crippen molar-refractivity contribution >= 4 is 76.6 Å². The molecule has 7 nitrogen and oxygen atoms in total. The summed E-state index contributed by atoms with van der Waals surface area (Å²) >= 11 is 3.53. The van der Waals surface area contributed by atoms with Gasteiger partial charge in [0.25, 0.3) is 20.0 Å². The van der Waals surface area contributed by atoms with Gasteiger partial charge >= 0.3 is 0 Å². The van der Waals surface area contributed by atoms with E-state index >= 15 is 0 Å². The molecule has 0 aromatic heterocycles. The molecule has 0 radical (unpaired) electrons. The number of hydrogen-bond acceptors (Lipinski definition) is 5. The summed E-state index contributed by atoms with van der Waals surface area (Å²) in [4.78, 5) is -0.994. The maximum atomic E-state index is 14.2. The van der Waals surface area contributed by atoms with Gasteiger partial charge in [-0.2, -0.15) is 0 Å². The van der Waals surface area contributed by atoms with Crippen molar-refractivity contribution in [2.45, 2.75) is 9.79 Å². The second-order valence-electron chi connectivity index (χ2n) is 6.22. The normalized spacial score (nSPS) is 11.8.